The zero-order valence-corrected chi connectivity index (χ0v) is 11.9. The molecule has 0 aliphatic heterocycles. The SMILES string of the molecule is NC(C[Se](=O)[Se](=O)(=O)CC(N)C(=O)O)C(=O)O. The van der Waals surface area contributed by atoms with E-state index in [9.17, 15) is 21.1 Å². The van der Waals surface area contributed by atoms with Crippen LogP contribution in [0.15, 0.2) is 0 Å². The van der Waals surface area contributed by atoms with Gasteiger partial charge in [0, 0.05) is 0 Å². The van der Waals surface area contributed by atoms with E-state index in [1.165, 1.54) is 0 Å². The Bertz CT molecular complexity index is 432. The fraction of sp³-hybridized carbons (Fsp3) is 0.667. The van der Waals surface area contributed by atoms with Crippen LogP contribution in [-0.2, 0) is 21.1 Å². The topological polar surface area (TPSA) is 178 Å². The average Bonchev–Trinajstić information content (AvgIpc) is 2.16. The van der Waals surface area contributed by atoms with Gasteiger partial charge in [0.15, 0.2) is 0 Å². The van der Waals surface area contributed by atoms with Crippen molar-refractivity contribution in [3.8, 4) is 0 Å². The molecule has 3 unspecified atom stereocenters. The van der Waals surface area contributed by atoms with Crippen LogP contribution in [0.3, 0.4) is 0 Å². The monoisotopic (exact) mass is 384 g/mol. The van der Waals surface area contributed by atoms with Crippen LogP contribution >= 0.6 is 0 Å². The first-order chi connectivity index (χ1) is 7.58. The summed E-state index contributed by atoms with van der Waals surface area (Å²) in [4.78, 5) is 20.7. The van der Waals surface area contributed by atoms with E-state index in [2.05, 4.69) is 0 Å². The van der Waals surface area contributed by atoms with Gasteiger partial charge in [-0.25, -0.2) is 0 Å². The molecular formula is C6H12N2O7Se2. The average molecular weight is 382 g/mol. The number of carboxylic acid groups (broad SMARTS) is 2. The Morgan fingerprint density at radius 3 is 1.88 bits per heavy atom. The third-order valence-electron chi connectivity index (χ3n) is 1.62. The van der Waals surface area contributed by atoms with E-state index in [4.69, 9.17) is 21.7 Å². The summed E-state index contributed by atoms with van der Waals surface area (Å²) in [5.74, 6) is -3.00. The van der Waals surface area contributed by atoms with E-state index in [1.807, 2.05) is 0 Å². The van der Waals surface area contributed by atoms with Gasteiger partial charge < -0.3 is 0 Å². The van der Waals surface area contributed by atoms with E-state index >= 15 is 0 Å². The van der Waals surface area contributed by atoms with Crippen molar-refractivity contribution in [1.29, 1.82) is 0 Å². The number of hydrogen-bond acceptors (Lipinski definition) is 7. The van der Waals surface area contributed by atoms with Gasteiger partial charge >= 0.3 is 100 Å². The van der Waals surface area contributed by atoms with Crippen LogP contribution in [0.4, 0.5) is 0 Å². The Hall–Kier alpha value is -0.701. The van der Waals surface area contributed by atoms with Gasteiger partial charge in [0.25, 0.3) is 0 Å². The summed E-state index contributed by atoms with van der Waals surface area (Å²) in [7, 11) is -5.01. The van der Waals surface area contributed by atoms with Gasteiger partial charge in [0.2, 0.25) is 0 Å². The maximum atomic E-state index is 11.4. The Morgan fingerprint density at radius 2 is 1.53 bits per heavy atom. The number of nitrogens with two attached hydrogens (primary N) is 2. The molecule has 0 heterocycles. The van der Waals surface area contributed by atoms with Crippen molar-refractivity contribution in [3.63, 3.8) is 0 Å². The second kappa shape index (κ2) is 6.29. The normalized spacial score (nSPS) is 17.1. The quantitative estimate of drug-likeness (QED) is 0.350. The van der Waals surface area contributed by atoms with Crippen LogP contribution in [-0.4, -0.2) is 57.1 Å². The summed E-state index contributed by atoms with van der Waals surface area (Å²) >= 11 is -3.53. The van der Waals surface area contributed by atoms with Gasteiger partial charge in [-0.1, -0.05) is 0 Å². The molecule has 0 radical (unpaired) electrons. The van der Waals surface area contributed by atoms with Crippen LogP contribution in [0.1, 0.15) is 0 Å². The molecule has 0 rings (SSSR count). The standard InChI is InChI=1S/C6H12N2O7Se2/c7-3(5(9)10)1-16(13)17(14,15)2-4(8)6(11)12/h3-4H,1-2,7-8H2,(H,9,10)(H,11,12). The van der Waals surface area contributed by atoms with Gasteiger partial charge in [-0.2, -0.15) is 0 Å². The minimum atomic E-state index is -5.01. The second-order valence-electron chi connectivity index (χ2n) is 3.08. The minimum absolute atomic E-state index is 0.686. The van der Waals surface area contributed by atoms with Gasteiger partial charge in [-0.15, -0.1) is 0 Å². The summed E-state index contributed by atoms with van der Waals surface area (Å²) in [5, 5.41) is 15.2. The molecule has 9 nitrogen and oxygen atoms in total. The molecule has 0 aliphatic rings. The Morgan fingerprint density at radius 1 is 1.12 bits per heavy atom. The first-order valence-corrected chi connectivity index (χ1v) is 13.0. The van der Waals surface area contributed by atoms with Crippen LogP contribution < -0.4 is 11.5 Å². The molecule has 0 fully saturated rings. The van der Waals surface area contributed by atoms with E-state index < -0.39 is 57.6 Å². The van der Waals surface area contributed by atoms with Crippen LogP contribution in [0.2, 0.25) is 10.6 Å². The van der Waals surface area contributed by atoms with Gasteiger partial charge in [0.1, 0.15) is 0 Å². The Labute approximate surface area is 100 Å². The number of aliphatic carboxylic acids is 2. The van der Waals surface area contributed by atoms with Crippen LogP contribution in [0.5, 0.6) is 0 Å². The molecule has 0 spiro atoms. The third-order valence-corrected chi connectivity index (χ3v) is 14.9. The molecule has 3 atom stereocenters. The second-order valence-corrected chi connectivity index (χ2v) is 17.7. The molecule has 0 saturated heterocycles. The van der Waals surface area contributed by atoms with E-state index in [0.29, 0.717) is 0 Å². The molecule has 0 saturated carbocycles. The summed E-state index contributed by atoms with van der Waals surface area (Å²) in [5.41, 5.74) is 10.0. The molecular weight excluding hydrogens is 370 g/mol. The predicted octanol–water partition coefficient (Wildman–Crippen LogP) is -2.39. The van der Waals surface area contributed by atoms with E-state index in [-0.39, 0.29) is 0 Å². The molecule has 11 heteroatoms. The summed E-state index contributed by atoms with van der Waals surface area (Å²) in [6.07, 6.45) is 0. The van der Waals surface area contributed by atoms with Crippen molar-refractivity contribution < 1.29 is 31.3 Å². The van der Waals surface area contributed by atoms with Crippen molar-refractivity contribution >= 4 is 34.8 Å². The van der Waals surface area contributed by atoms with Crippen LogP contribution in [0, 0.1) is 0 Å². The van der Waals surface area contributed by atoms with E-state index in [0.717, 1.165) is 0 Å². The number of carboxylic acids is 2. The van der Waals surface area contributed by atoms with Crippen molar-refractivity contribution in [1.82, 2.24) is 0 Å². The predicted molar refractivity (Wildman–Crippen MR) is 54.4 cm³/mol. The molecule has 0 aliphatic carbocycles. The van der Waals surface area contributed by atoms with Crippen molar-refractivity contribution in [3.05, 3.63) is 0 Å². The van der Waals surface area contributed by atoms with Crippen LogP contribution in [0.25, 0.3) is 0 Å². The Kier molecular flexibility index (Phi) is 6.03. The fourth-order valence-electron chi connectivity index (χ4n) is 0.689. The molecule has 17 heavy (non-hydrogen) atoms. The van der Waals surface area contributed by atoms with Crippen molar-refractivity contribution in [2.45, 2.75) is 22.7 Å². The molecule has 100 valence electrons. The molecule has 0 amide bonds. The number of hydrogen-bond donors (Lipinski definition) is 4. The summed E-state index contributed by atoms with van der Waals surface area (Å²) in [6, 6.07) is -3.20. The first-order valence-electron chi connectivity index (χ1n) is 4.16. The zero-order chi connectivity index (χ0) is 13.8. The number of rotatable bonds is 7. The Balaban J connectivity index is 4.68. The zero-order valence-electron chi connectivity index (χ0n) is 8.48. The first kappa shape index (κ1) is 16.3. The third kappa shape index (κ3) is 5.44. The van der Waals surface area contributed by atoms with Gasteiger partial charge in [-0.3, -0.25) is 0 Å². The fourth-order valence-corrected chi connectivity index (χ4v) is 10.7. The van der Waals surface area contributed by atoms with Crippen molar-refractivity contribution in [2.75, 3.05) is 0 Å². The van der Waals surface area contributed by atoms with Crippen molar-refractivity contribution in [2.24, 2.45) is 11.5 Å². The maximum absolute atomic E-state index is 11.4. The molecule has 0 aromatic rings. The summed E-state index contributed by atoms with van der Waals surface area (Å²) < 4.78 is 34.3. The van der Waals surface area contributed by atoms with E-state index in [1.54, 1.807) is 0 Å². The van der Waals surface area contributed by atoms with Gasteiger partial charge in [0.05, 0.1) is 0 Å². The molecule has 0 bridgehead atoms. The molecule has 0 aromatic heterocycles. The molecule has 0 aromatic carbocycles. The van der Waals surface area contributed by atoms with Gasteiger partial charge in [-0.05, 0) is 0 Å². The summed E-state index contributed by atoms with van der Waals surface area (Å²) in [6.45, 7) is 0. The molecule has 6 N–H and O–H groups in total. The number of carbonyl (C=O) groups is 2.